The lowest BCUT2D eigenvalue weighted by molar-refractivity contribution is 0.306. The molecule has 0 spiro atoms. The van der Waals surface area contributed by atoms with Gasteiger partial charge in [-0.1, -0.05) is 140 Å². The van der Waals surface area contributed by atoms with Gasteiger partial charge in [-0.25, -0.2) is 0 Å². The summed E-state index contributed by atoms with van der Waals surface area (Å²) in [5, 5.41) is 1.64. The molecule has 0 saturated carbocycles. The Morgan fingerprint density at radius 3 is 1.61 bits per heavy atom. The first-order chi connectivity index (χ1) is 15.6. The van der Waals surface area contributed by atoms with Gasteiger partial charge < -0.3 is 0 Å². The van der Waals surface area contributed by atoms with Crippen LogP contribution < -0.4 is 0 Å². The highest BCUT2D eigenvalue weighted by atomic mass is 32.2. The molecule has 0 aliphatic heterocycles. The maximum atomic E-state index is 12.6. The normalized spacial score (nSPS) is 11.5. The number of fused-ring (bicyclic) bond motifs is 1. The molecule has 2 aromatic rings. The minimum absolute atomic E-state index is 0. The average Bonchev–Trinajstić information content (AvgIpc) is 2.80. The van der Waals surface area contributed by atoms with E-state index in [9.17, 15) is 8.42 Å². The van der Waals surface area contributed by atoms with Crippen LogP contribution in [0, 0.1) is 0 Å². The quantitative estimate of drug-likeness (QED) is 0.114. The van der Waals surface area contributed by atoms with E-state index in [1.165, 1.54) is 83.5 Å². The van der Waals surface area contributed by atoms with Crippen LogP contribution in [0.5, 0.6) is 0 Å². The Balaban J connectivity index is 0.00000544. The Bertz CT molecular complexity index is 846. The summed E-state index contributed by atoms with van der Waals surface area (Å²) in [5.41, 5.74) is 0. The van der Waals surface area contributed by atoms with Gasteiger partial charge in [0.05, 0.1) is 6.61 Å². The Morgan fingerprint density at radius 2 is 1.06 bits per heavy atom. The minimum Gasteiger partial charge on any atom is -0.266 e. The first-order valence-electron chi connectivity index (χ1n) is 13.0. The lowest BCUT2D eigenvalue weighted by Gasteiger charge is -2.08. The van der Waals surface area contributed by atoms with E-state index < -0.39 is 10.1 Å². The maximum Gasteiger partial charge on any atom is 0.297 e. The third-order valence-corrected chi connectivity index (χ3v) is 7.63. The number of hydrogen-bond donors (Lipinski definition) is 0. The Hall–Kier alpha value is -0.624. The molecular formula is C28H44MgO3S. The van der Waals surface area contributed by atoms with Crippen molar-refractivity contribution < 1.29 is 12.6 Å². The van der Waals surface area contributed by atoms with Gasteiger partial charge in [-0.3, -0.25) is 4.18 Å². The van der Waals surface area contributed by atoms with Gasteiger partial charge in [0.2, 0.25) is 0 Å². The van der Waals surface area contributed by atoms with Crippen LogP contribution in [0.3, 0.4) is 0 Å². The second-order valence-corrected chi connectivity index (χ2v) is 10.6. The van der Waals surface area contributed by atoms with Crippen LogP contribution in [0.15, 0.2) is 47.4 Å². The second-order valence-electron chi connectivity index (χ2n) is 9.06. The van der Waals surface area contributed by atoms with Crippen molar-refractivity contribution in [1.29, 1.82) is 0 Å². The fourth-order valence-corrected chi connectivity index (χ4v) is 5.46. The van der Waals surface area contributed by atoms with E-state index in [4.69, 9.17) is 4.18 Å². The van der Waals surface area contributed by atoms with E-state index in [0.717, 1.165) is 30.0 Å². The van der Waals surface area contributed by atoms with E-state index >= 15 is 0 Å². The number of rotatable bonds is 19. The highest BCUT2D eigenvalue weighted by Gasteiger charge is 2.17. The van der Waals surface area contributed by atoms with Gasteiger partial charge in [-0.05, 0) is 17.9 Å². The van der Waals surface area contributed by atoms with Crippen molar-refractivity contribution in [3.8, 4) is 0 Å². The first-order valence-corrected chi connectivity index (χ1v) is 14.4. The van der Waals surface area contributed by atoms with Crippen LogP contribution in [0.2, 0.25) is 0 Å². The predicted molar refractivity (Wildman–Crippen MR) is 142 cm³/mol. The largest absolute Gasteiger partial charge is 0.297 e. The fourth-order valence-electron chi connectivity index (χ4n) is 4.30. The molecule has 2 rings (SSSR count). The Kier molecular flexibility index (Phi) is 17.2. The molecule has 0 heterocycles. The van der Waals surface area contributed by atoms with Crippen LogP contribution >= 0.6 is 0 Å². The third-order valence-electron chi connectivity index (χ3n) is 6.26. The van der Waals surface area contributed by atoms with Crippen LogP contribution in [-0.4, -0.2) is 38.1 Å². The number of benzene rings is 2. The van der Waals surface area contributed by atoms with Gasteiger partial charge in [0.15, 0.2) is 0 Å². The topological polar surface area (TPSA) is 43.4 Å². The Morgan fingerprint density at radius 1 is 0.606 bits per heavy atom. The average molecular weight is 485 g/mol. The van der Waals surface area contributed by atoms with Gasteiger partial charge in [0.1, 0.15) is 4.90 Å². The standard InChI is InChI=1S/C28H44O3S.Mg/c1-2-3-4-5-6-7-8-9-10-11-12-13-14-15-16-19-25-31-32(29,30)28-24-20-22-26-21-17-18-23-27(26)28;/h17-18,20-24H,2-16,19,25H2,1H3;. The first kappa shape index (κ1) is 30.4. The molecule has 182 valence electrons. The van der Waals surface area contributed by atoms with E-state index in [2.05, 4.69) is 6.92 Å². The SMILES string of the molecule is CCCCCCCCCCCCCCCCCCOS(=O)(=O)c1cccc2ccccc12.[Mg]. The molecule has 0 bridgehead atoms. The molecule has 0 unspecified atom stereocenters. The number of hydrogen-bond acceptors (Lipinski definition) is 3. The number of unbranched alkanes of at least 4 members (excludes halogenated alkanes) is 15. The lowest BCUT2D eigenvalue weighted by Crippen LogP contribution is -2.08. The van der Waals surface area contributed by atoms with Gasteiger partial charge in [0, 0.05) is 28.4 Å². The summed E-state index contributed by atoms with van der Waals surface area (Å²) in [7, 11) is -3.71. The van der Waals surface area contributed by atoms with Crippen molar-refractivity contribution in [3.63, 3.8) is 0 Å². The van der Waals surface area contributed by atoms with Gasteiger partial charge >= 0.3 is 0 Å². The monoisotopic (exact) mass is 484 g/mol. The summed E-state index contributed by atoms with van der Waals surface area (Å²) in [6.45, 7) is 2.54. The van der Waals surface area contributed by atoms with Crippen molar-refractivity contribution >= 4 is 43.9 Å². The molecule has 5 heteroatoms. The Labute approximate surface area is 219 Å². The molecule has 3 nitrogen and oxygen atoms in total. The van der Waals surface area contributed by atoms with Crippen molar-refractivity contribution in [3.05, 3.63) is 42.5 Å². The van der Waals surface area contributed by atoms with E-state index in [-0.39, 0.29) is 34.6 Å². The summed E-state index contributed by atoms with van der Waals surface area (Å²) in [5.74, 6) is 0. The van der Waals surface area contributed by atoms with Crippen LogP contribution in [-0.2, 0) is 14.3 Å². The second kappa shape index (κ2) is 18.7. The summed E-state index contributed by atoms with van der Waals surface area (Å²) >= 11 is 0. The van der Waals surface area contributed by atoms with Crippen molar-refractivity contribution in [2.75, 3.05) is 6.61 Å². The predicted octanol–water partition coefficient (Wildman–Crippen LogP) is 8.43. The lowest BCUT2D eigenvalue weighted by atomic mass is 10.0. The summed E-state index contributed by atoms with van der Waals surface area (Å²) in [6, 6.07) is 12.8. The summed E-state index contributed by atoms with van der Waals surface area (Å²) in [6.07, 6.45) is 20.8. The van der Waals surface area contributed by atoms with Gasteiger partial charge in [-0.15, -0.1) is 0 Å². The molecule has 33 heavy (non-hydrogen) atoms. The molecule has 2 aromatic carbocycles. The van der Waals surface area contributed by atoms with E-state index in [0.29, 0.717) is 0 Å². The zero-order valence-electron chi connectivity index (χ0n) is 20.9. The van der Waals surface area contributed by atoms with Crippen LogP contribution in [0.1, 0.15) is 110 Å². The molecular weight excluding hydrogens is 441 g/mol. The third kappa shape index (κ3) is 12.6. The van der Waals surface area contributed by atoms with Gasteiger partial charge in [-0.2, -0.15) is 8.42 Å². The van der Waals surface area contributed by atoms with Crippen molar-refractivity contribution in [1.82, 2.24) is 0 Å². The van der Waals surface area contributed by atoms with Crippen LogP contribution in [0.25, 0.3) is 10.8 Å². The molecule has 2 radical (unpaired) electrons. The smallest absolute Gasteiger partial charge is 0.266 e. The molecule has 0 aliphatic rings. The molecule has 0 saturated heterocycles. The maximum absolute atomic E-state index is 12.6. The van der Waals surface area contributed by atoms with E-state index in [1.54, 1.807) is 12.1 Å². The molecule has 0 aromatic heterocycles. The highest BCUT2D eigenvalue weighted by molar-refractivity contribution is 7.87. The van der Waals surface area contributed by atoms with Crippen molar-refractivity contribution in [2.45, 2.75) is 115 Å². The zero-order valence-corrected chi connectivity index (χ0v) is 23.1. The fraction of sp³-hybridized carbons (Fsp3) is 0.643. The molecule has 0 N–H and O–H groups in total. The molecule has 0 atom stereocenters. The van der Waals surface area contributed by atoms with Crippen molar-refractivity contribution in [2.24, 2.45) is 0 Å². The van der Waals surface area contributed by atoms with Gasteiger partial charge in [0.25, 0.3) is 10.1 Å². The highest BCUT2D eigenvalue weighted by Crippen LogP contribution is 2.24. The summed E-state index contributed by atoms with van der Waals surface area (Å²) < 4.78 is 30.5. The van der Waals surface area contributed by atoms with E-state index in [1.807, 2.05) is 30.3 Å². The van der Waals surface area contributed by atoms with Crippen LogP contribution in [0.4, 0.5) is 0 Å². The minimum atomic E-state index is -3.71. The zero-order chi connectivity index (χ0) is 22.9. The summed E-state index contributed by atoms with van der Waals surface area (Å²) in [4.78, 5) is 0.270. The molecule has 0 aliphatic carbocycles. The molecule has 0 amide bonds. The molecule has 0 fully saturated rings.